The minimum absolute atomic E-state index is 0.116. The Morgan fingerprint density at radius 3 is 2.80 bits per heavy atom. The number of para-hydroxylation sites is 1. The van der Waals surface area contributed by atoms with E-state index in [2.05, 4.69) is 31.0 Å². The molecular weight excluding hydrogens is 590 g/mol. The van der Waals surface area contributed by atoms with E-state index >= 15 is 0 Å². The van der Waals surface area contributed by atoms with Crippen LogP contribution >= 0.6 is 11.3 Å². The summed E-state index contributed by atoms with van der Waals surface area (Å²) in [7, 11) is 0. The zero-order chi connectivity index (χ0) is 31.5. The van der Waals surface area contributed by atoms with Crippen molar-refractivity contribution >= 4 is 57.0 Å². The molecule has 2 aliphatic heterocycles. The number of nitrogens with zero attached hydrogens (tertiary/aromatic N) is 4. The third kappa shape index (κ3) is 6.28. The fraction of sp³-hybridized carbons (Fsp3) is 0.364. The summed E-state index contributed by atoms with van der Waals surface area (Å²) < 4.78 is 1.11. The molecule has 0 aliphatic carbocycles. The minimum atomic E-state index is -0.838. The molecule has 0 fully saturated rings. The Kier molecular flexibility index (Phi) is 8.83. The number of aryl methyl sites for hydroxylation is 1. The number of fused-ring (bicyclic) bond motifs is 1. The highest BCUT2D eigenvalue weighted by Crippen LogP contribution is 2.39. The highest BCUT2D eigenvalue weighted by molar-refractivity contribution is 7.17. The smallest absolute Gasteiger partial charge is 0.250 e. The van der Waals surface area contributed by atoms with Crippen LogP contribution < -0.4 is 15.5 Å². The van der Waals surface area contributed by atoms with Gasteiger partial charge in [-0.1, -0.05) is 56.7 Å². The Labute approximate surface area is 264 Å². The van der Waals surface area contributed by atoms with E-state index in [9.17, 15) is 19.2 Å². The van der Waals surface area contributed by atoms with E-state index in [4.69, 9.17) is 0 Å². The molecule has 2 aromatic carbocycles. The summed E-state index contributed by atoms with van der Waals surface area (Å²) in [6.07, 6.45) is 5.12. The van der Waals surface area contributed by atoms with E-state index in [1.807, 2.05) is 61.7 Å². The predicted octanol–water partition coefficient (Wildman–Crippen LogP) is 3.53. The number of H-pyrrole nitrogens is 1. The number of rotatable bonds is 10. The van der Waals surface area contributed by atoms with Crippen LogP contribution in [0.25, 0.3) is 10.1 Å². The van der Waals surface area contributed by atoms with Crippen LogP contribution in [-0.2, 0) is 45.0 Å². The molecule has 4 aromatic rings. The monoisotopic (exact) mass is 625 g/mol. The van der Waals surface area contributed by atoms with Crippen molar-refractivity contribution in [2.75, 3.05) is 4.90 Å². The van der Waals surface area contributed by atoms with Crippen LogP contribution in [0.1, 0.15) is 49.1 Å². The maximum Gasteiger partial charge on any atom is 0.250 e. The van der Waals surface area contributed by atoms with Gasteiger partial charge in [0.05, 0.1) is 30.8 Å². The lowest BCUT2D eigenvalue weighted by molar-refractivity contribution is -0.130. The van der Waals surface area contributed by atoms with Gasteiger partial charge < -0.3 is 10.6 Å². The summed E-state index contributed by atoms with van der Waals surface area (Å²) in [6.45, 7) is 4.08. The summed E-state index contributed by atoms with van der Waals surface area (Å²) in [6, 6.07) is 12.2. The lowest BCUT2D eigenvalue weighted by Crippen LogP contribution is -2.55. The number of aromatic nitrogens is 3. The molecule has 4 amide bonds. The van der Waals surface area contributed by atoms with Crippen LogP contribution in [0, 0.1) is 11.8 Å². The number of thiophene rings is 1. The zero-order valence-corrected chi connectivity index (χ0v) is 26.0. The fourth-order valence-corrected chi connectivity index (χ4v) is 7.08. The van der Waals surface area contributed by atoms with Crippen molar-refractivity contribution in [1.82, 2.24) is 26.0 Å². The molecular formula is C33H35N7O4S. The van der Waals surface area contributed by atoms with Gasteiger partial charge in [0.15, 0.2) is 0 Å². The third-order valence-corrected chi connectivity index (χ3v) is 9.79. The standard InChI is InChI=1S/C33H35N7O4S/c1-3-19(2)25(17-34-29(41)14-22-18-45-28-10-5-4-9-24(22)28)31(42)37-26-12-11-20-7-6-8-21-13-27(40(30(20)21)33(26)44)32(43)35-15-23-16-36-39-38-23/h4-10,16-19,25-27H,3,11-15H2,1-2H3,(H,35,43)(H,37,42)(H,36,38,39)/t19-,25?,26-,27-/m0/s1. The second kappa shape index (κ2) is 13.1. The zero-order valence-electron chi connectivity index (χ0n) is 25.2. The molecule has 232 valence electrons. The number of anilines is 1. The molecule has 4 atom stereocenters. The van der Waals surface area contributed by atoms with Gasteiger partial charge in [-0.15, -0.1) is 11.3 Å². The molecule has 0 spiro atoms. The number of benzene rings is 2. The lowest BCUT2D eigenvalue weighted by atomic mass is 9.91. The molecule has 45 heavy (non-hydrogen) atoms. The first-order valence-corrected chi connectivity index (χ1v) is 16.1. The number of hydrogen-bond acceptors (Lipinski definition) is 7. The molecule has 0 radical (unpaired) electrons. The normalized spacial score (nSPS) is 18.9. The summed E-state index contributed by atoms with van der Waals surface area (Å²) in [5.41, 5.74) is 4.14. The number of carbonyl (C=O) groups is 4. The quantitative estimate of drug-likeness (QED) is 0.230. The number of carbonyl (C=O) groups excluding carboxylic acids is 4. The van der Waals surface area contributed by atoms with Crippen molar-refractivity contribution in [3.05, 3.63) is 76.4 Å². The number of nitrogens with one attached hydrogen (secondary N) is 3. The Hall–Kier alpha value is -4.71. The molecule has 1 unspecified atom stereocenters. The van der Waals surface area contributed by atoms with Crippen molar-refractivity contribution in [3.63, 3.8) is 0 Å². The van der Waals surface area contributed by atoms with Gasteiger partial charge in [0.1, 0.15) is 17.8 Å². The Balaban J connectivity index is 1.17. The van der Waals surface area contributed by atoms with Gasteiger partial charge in [0.25, 0.3) is 0 Å². The van der Waals surface area contributed by atoms with E-state index in [1.165, 1.54) is 12.4 Å². The molecule has 6 rings (SSSR count). The first-order chi connectivity index (χ1) is 21.8. The second-order valence-corrected chi connectivity index (χ2v) is 12.6. The largest absolute Gasteiger partial charge is 0.348 e. The molecule has 3 N–H and O–H groups in total. The minimum Gasteiger partial charge on any atom is -0.348 e. The average Bonchev–Trinajstić information content (AvgIpc) is 3.79. The SMILES string of the molecule is CC[C@H](C)C(C=NC(=O)Cc1csc2ccccc12)C(=O)N[C@H]1CCc2cccc3c2N(C1=O)[C@H](C(=O)NCc1cn[nH]n1)C3. The molecule has 11 nitrogen and oxygen atoms in total. The van der Waals surface area contributed by atoms with Gasteiger partial charge in [-0.3, -0.25) is 24.1 Å². The van der Waals surface area contributed by atoms with E-state index < -0.39 is 18.0 Å². The number of aliphatic imine (C=N–C) groups is 1. The molecule has 2 aromatic heterocycles. The van der Waals surface area contributed by atoms with E-state index in [0.29, 0.717) is 31.4 Å². The first-order valence-electron chi connectivity index (χ1n) is 15.2. The summed E-state index contributed by atoms with van der Waals surface area (Å²) >= 11 is 1.58. The van der Waals surface area contributed by atoms with Crippen LogP contribution in [0.15, 0.2) is 59.0 Å². The van der Waals surface area contributed by atoms with Crippen molar-refractivity contribution in [2.24, 2.45) is 16.8 Å². The van der Waals surface area contributed by atoms with Gasteiger partial charge in [-0.2, -0.15) is 15.4 Å². The number of aromatic amines is 1. The maximum absolute atomic E-state index is 14.1. The van der Waals surface area contributed by atoms with Crippen molar-refractivity contribution in [1.29, 1.82) is 0 Å². The second-order valence-electron chi connectivity index (χ2n) is 11.6. The summed E-state index contributed by atoms with van der Waals surface area (Å²) in [5.74, 6) is -2.14. The molecule has 2 aliphatic rings. The maximum atomic E-state index is 14.1. The first kappa shape index (κ1) is 30.3. The molecule has 4 heterocycles. The number of hydrogen-bond donors (Lipinski definition) is 3. The molecule has 0 saturated heterocycles. The highest BCUT2D eigenvalue weighted by atomic mass is 32.1. The van der Waals surface area contributed by atoms with Crippen LogP contribution in [-0.4, -0.2) is 57.3 Å². The highest BCUT2D eigenvalue weighted by Gasteiger charge is 2.44. The van der Waals surface area contributed by atoms with Gasteiger partial charge in [-0.25, -0.2) is 4.99 Å². The van der Waals surface area contributed by atoms with Crippen molar-refractivity contribution in [3.8, 4) is 0 Å². The van der Waals surface area contributed by atoms with Gasteiger partial charge >= 0.3 is 0 Å². The summed E-state index contributed by atoms with van der Waals surface area (Å²) in [5, 5.41) is 19.1. The Morgan fingerprint density at radius 1 is 1.18 bits per heavy atom. The third-order valence-electron chi connectivity index (χ3n) is 8.78. The van der Waals surface area contributed by atoms with Crippen molar-refractivity contribution in [2.45, 2.75) is 64.6 Å². The lowest BCUT2D eigenvalue weighted by Gasteiger charge is -2.29. The van der Waals surface area contributed by atoms with E-state index in [-0.39, 0.29) is 42.5 Å². The van der Waals surface area contributed by atoms with Gasteiger partial charge in [-0.05, 0) is 52.3 Å². The topological polar surface area (TPSA) is 150 Å². The molecule has 12 heteroatoms. The van der Waals surface area contributed by atoms with Gasteiger partial charge in [0.2, 0.25) is 23.6 Å². The van der Waals surface area contributed by atoms with Crippen LogP contribution in [0.3, 0.4) is 0 Å². The van der Waals surface area contributed by atoms with Crippen LogP contribution in [0.5, 0.6) is 0 Å². The van der Waals surface area contributed by atoms with E-state index in [0.717, 1.165) is 32.5 Å². The molecule has 0 bridgehead atoms. The fourth-order valence-electron chi connectivity index (χ4n) is 6.12. The van der Waals surface area contributed by atoms with Crippen LogP contribution in [0.2, 0.25) is 0 Å². The predicted molar refractivity (Wildman–Crippen MR) is 172 cm³/mol. The Bertz CT molecular complexity index is 1770. The Morgan fingerprint density at radius 2 is 2.00 bits per heavy atom. The summed E-state index contributed by atoms with van der Waals surface area (Å²) in [4.78, 5) is 59.8. The van der Waals surface area contributed by atoms with Crippen LogP contribution in [0.4, 0.5) is 5.69 Å². The van der Waals surface area contributed by atoms with Crippen molar-refractivity contribution < 1.29 is 19.2 Å². The van der Waals surface area contributed by atoms with E-state index in [1.54, 1.807) is 16.2 Å². The number of amides is 4. The average molecular weight is 626 g/mol. The molecule has 0 saturated carbocycles. The van der Waals surface area contributed by atoms with Gasteiger partial charge in [0, 0.05) is 17.3 Å².